The van der Waals surface area contributed by atoms with E-state index in [1.807, 2.05) is 19.1 Å². The van der Waals surface area contributed by atoms with Gasteiger partial charge in [-0.05, 0) is 36.6 Å². The van der Waals surface area contributed by atoms with Crippen LogP contribution in [0, 0.1) is 5.82 Å². The second kappa shape index (κ2) is 5.13. The van der Waals surface area contributed by atoms with Crippen molar-refractivity contribution in [1.82, 2.24) is 0 Å². The van der Waals surface area contributed by atoms with Gasteiger partial charge < -0.3 is 10.4 Å². The van der Waals surface area contributed by atoms with Gasteiger partial charge in [0.05, 0.1) is 6.04 Å². The summed E-state index contributed by atoms with van der Waals surface area (Å²) in [6, 6.07) is 14.8. The number of anilines is 1. The Morgan fingerprint density at radius 2 is 1.95 bits per heavy atom. The molecule has 1 heterocycles. The first-order valence-electron chi connectivity index (χ1n) is 6.37. The molecule has 0 amide bonds. The minimum atomic E-state index is -0.612. The quantitative estimate of drug-likeness (QED) is 0.670. The Labute approximate surface area is 120 Å². The summed E-state index contributed by atoms with van der Waals surface area (Å²) in [7, 11) is 0. The lowest BCUT2D eigenvalue weighted by Crippen LogP contribution is -2.04. The summed E-state index contributed by atoms with van der Waals surface area (Å²) in [5.74, 6) is -0.941. The summed E-state index contributed by atoms with van der Waals surface area (Å²) >= 11 is 1.73. The van der Waals surface area contributed by atoms with Gasteiger partial charge in [-0.15, -0.1) is 11.3 Å². The Kier molecular flexibility index (Phi) is 3.32. The molecule has 2 N–H and O–H groups in total. The molecule has 0 saturated carbocycles. The maximum Gasteiger partial charge on any atom is 0.166 e. The molecule has 4 heteroatoms. The number of nitrogens with one attached hydrogen (secondary N) is 1. The van der Waals surface area contributed by atoms with Crippen LogP contribution in [0.4, 0.5) is 10.1 Å². The lowest BCUT2D eigenvalue weighted by atomic mass is 10.2. The number of benzene rings is 2. The molecular formula is C16H14FNOS. The molecular weight excluding hydrogens is 273 g/mol. The summed E-state index contributed by atoms with van der Waals surface area (Å²) < 4.78 is 14.6. The predicted molar refractivity (Wildman–Crippen MR) is 81.9 cm³/mol. The maximum absolute atomic E-state index is 13.3. The molecule has 20 heavy (non-hydrogen) atoms. The molecule has 1 aromatic heterocycles. The molecule has 3 rings (SSSR count). The Hall–Kier alpha value is -2.07. The van der Waals surface area contributed by atoms with Crippen LogP contribution >= 0.6 is 11.3 Å². The van der Waals surface area contributed by atoms with Crippen molar-refractivity contribution in [3.8, 4) is 5.75 Å². The monoisotopic (exact) mass is 287 g/mol. The van der Waals surface area contributed by atoms with E-state index in [0.29, 0.717) is 5.69 Å². The highest BCUT2D eigenvalue weighted by Crippen LogP contribution is 2.32. The molecule has 2 aromatic carbocycles. The van der Waals surface area contributed by atoms with Crippen molar-refractivity contribution in [3.05, 3.63) is 59.2 Å². The van der Waals surface area contributed by atoms with Crippen LogP contribution in [0.25, 0.3) is 10.1 Å². The summed E-state index contributed by atoms with van der Waals surface area (Å²) in [4.78, 5) is 1.19. The summed E-state index contributed by atoms with van der Waals surface area (Å²) in [5, 5.41) is 13.7. The van der Waals surface area contributed by atoms with Crippen LogP contribution in [0.3, 0.4) is 0 Å². The van der Waals surface area contributed by atoms with Crippen LogP contribution in [0.5, 0.6) is 5.75 Å². The Balaban J connectivity index is 1.84. The van der Waals surface area contributed by atoms with Crippen molar-refractivity contribution in [1.29, 1.82) is 0 Å². The van der Waals surface area contributed by atoms with E-state index < -0.39 is 5.82 Å². The molecule has 3 aromatic rings. The smallest absolute Gasteiger partial charge is 0.166 e. The van der Waals surface area contributed by atoms with Crippen LogP contribution in [-0.2, 0) is 0 Å². The molecule has 0 aliphatic carbocycles. The van der Waals surface area contributed by atoms with E-state index in [2.05, 4.69) is 23.5 Å². The molecule has 0 saturated heterocycles. The molecule has 0 spiro atoms. The Morgan fingerprint density at radius 3 is 2.70 bits per heavy atom. The third kappa shape index (κ3) is 2.47. The minimum Gasteiger partial charge on any atom is -0.505 e. The number of aromatic hydroxyl groups is 1. The number of hydrogen-bond acceptors (Lipinski definition) is 3. The molecule has 1 atom stereocenters. The topological polar surface area (TPSA) is 32.3 Å². The van der Waals surface area contributed by atoms with Crippen LogP contribution in [0.15, 0.2) is 48.5 Å². The third-order valence-electron chi connectivity index (χ3n) is 3.20. The normalized spacial score (nSPS) is 12.5. The largest absolute Gasteiger partial charge is 0.505 e. The zero-order chi connectivity index (χ0) is 14.1. The second-order valence-electron chi connectivity index (χ2n) is 4.72. The highest BCUT2D eigenvalue weighted by atomic mass is 32.1. The van der Waals surface area contributed by atoms with Crippen molar-refractivity contribution < 1.29 is 9.50 Å². The number of phenols is 1. The molecule has 102 valence electrons. The van der Waals surface area contributed by atoms with Crippen molar-refractivity contribution >= 4 is 27.1 Å². The van der Waals surface area contributed by atoms with Gasteiger partial charge in [-0.2, -0.15) is 0 Å². The van der Waals surface area contributed by atoms with E-state index in [1.165, 1.54) is 27.1 Å². The van der Waals surface area contributed by atoms with Gasteiger partial charge in [-0.1, -0.05) is 18.2 Å². The first-order chi connectivity index (χ1) is 9.63. The van der Waals surface area contributed by atoms with Gasteiger partial charge in [-0.25, -0.2) is 4.39 Å². The predicted octanol–water partition coefficient (Wildman–Crippen LogP) is 4.92. The summed E-state index contributed by atoms with van der Waals surface area (Å²) in [6.45, 7) is 2.04. The number of rotatable bonds is 3. The fraction of sp³-hybridized carbons (Fsp3) is 0.125. The first-order valence-corrected chi connectivity index (χ1v) is 7.18. The van der Waals surface area contributed by atoms with Crippen LogP contribution in [0.2, 0.25) is 0 Å². The van der Waals surface area contributed by atoms with E-state index in [-0.39, 0.29) is 11.8 Å². The third-order valence-corrected chi connectivity index (χ3v) is 4.50. The first kappa shape index (κ1) is 12.9. The van der Waals surface area contributed by atoms with Crippen LogP contribution < -0.4 is 5.32 Å². The molecule has 0 radical (unpaired) electrons. The number of thiophene rings is 1. The molecule has 0 aliphatic rings. The zero-order valence-electron chi connectivity index (χ0n) is 10.9. The van der Waals surface area contributed by atoms with Crippen LogP contribution in [-0.4, -0.2) is 5.11 Å². The van der Waals surface area contributed by atoms with E-state index in [4.69, 9.17) is 0 Å². The van der Waals surface area contributed by atoms with Crippen molar-refractivity contribution in [2.24, 2.45) is 0 Å². The number of hydrogen-bond donors (Lipinski definition) is 2. The zero-order valence-corrected chi connectivity index (χ0v) is 11.7. The van der Waals surface area contributed by atoms with Crippen LogP contribution in [0.1, 0.15) is 17.8 Å². The minimum absolute atomic E-state index is 0.0799. The fourth-order valence-corrected chi connectivity index (χ4v) is 3.20. The molecule has 0 fully saturated rings. The fourth-order valence-electron chi connectivity index (χ4n) is 2.13. The van der Waals surface area contributed by atoms with Gasteiger partial charge in [0, 0.05) is 21.3 Å². The Bertz CT molecular complexity index is 720. The van der Waals surface area contributed by atoms with E-state index in [9.17, 15) is 9.50 Å². The molecule has 0 bridgehead atoms. The van der Waals surface area contributed by atoms with E-state index >= 15 is 0 Å². The highest BCUT2D eigenvalue weighted by Gasteiger charge is 2.10. The second-order valence-corrected chi connectivity index (χ2v) is 5.83. The number of fused-ring (bicyclic) bond motifs is 1. The SMILES string of the molecule is CC(Nc1ccc(O)c(F)c1)c1cc2ccccc2s1. The van der Waals surface area contributed by atoms with E-state index in [1.54, 1.807) is 17.4 Å². The lowest BCUT2D eigenvalue weighted by Gasteiger charge is -2.13. The average Bonchev–Trinajstić information content (AvgIpc) is 2.87. The summed E-state index contributed by atoms with van der Waals surface area (Å²) in [5.41, 5.74) is 0.658. The van der Waals surface area contributed by atoms with Crippen molar-refractivity contribution in [2.75, 3.05) is 5.32 Å². The van der Waals surface area contributed by atoms with Gasteiger partial charge in [0.25, 0.3) is 0 Å². The van der Waals surface area contributed by atoms with Gasteiger partial charge in [0.1, 0.15) is 0 Å². The van der Waals surface area contributed by atoms with Gasteiger partial charge in [0.2, 0.25) is 0 Å². The van der Waals surface area contributed by atoms with Gasteiger partial charge in [-0.3, -0.25) is 0 Å². The van der Waals surface area contributed by atoms with Crippen molar-refractivity contribution in [3.63, 3.8) is 0 Å². The molecule has 0 aliphatic heterocycles. The lowest BCUT2D eigenvalue weighted by molar-refractivity contribution is 0.432. The number of phenolic OH excluding ortho intramolecular Hbond substituents is 1. The average molecular weight is 287 g/mol. The molecule has 2 nitrogen and oxygen atoms in total. The van der Waals surface area contributed by atoms with Crippen molar-refractivity contribution in [2.45, 2.75) is 13.0 Å². The Morgan fingerprint density at radius 1 is 1.15 bits per heavy atom. The van der Waals surface area contributed by atoms with E-state index in [0.717, 1.165) is 0 Å². The van der Waals surface area contributed by atoms with Gasteiger partial charge in [0.15, 0.2) is 11.6 Å². The molecule has 1 unspecified atom stereocenters. The van der Waals surface area contributed by atoms with Gasteiger partial charge >= 0.3 is 0 Å². The standard InChI is InChI=1S/C16H14FNOS/c1-10(18-12-6-7-14(19)13(17)9-12)16-8-11-4-2-3-5-15(11)20-16/h2-10,18-19H,1H3. The maximum atomic E-state index is 13.3. The number of halogens is 1. The highest BCUT2D eigenvalue weighted by molar-refractivity contribution is 7.19. The summed E-state index contributed by atoms with van der Waals surface area (Å²) in [6.07, 6.45) is 0.